The van der Waals surface area contributed by atoms with Crippen LogP contribution < -0.4 is 11.1 Å². The van der Waals surface area contributed by atoms with Crippen LogP contribution in [0.15, 0.2) is 43.0 Å². The molecular weight excluding hydrogens is 226 g/mol. The van der Waals surface area contributed by atoms with Crippen molar-refractivity contribution < 1.29 is 0 Å². The summed E-state index contributed by atoms with van der Waals surface area (Å²) >= 11 is 0. The van der Waals surface area contributed by atoms with Gasteiger partial charge in [-0.05, 0) is 24.3 Å². The molecule has 0 atom stereocenters. The Balaban J connectivity index is 1.92. The van der Waals surface area contributed by atoms with Gasteiger partial charge in [-0.1, -0.05) is 0 Å². The number of nitrogens with zero attached hydrogens (tertiary/aromatic N) is 2. The minimum absolute atomic E-state index is 0.698. The van der Waals surface area contributed by atoms with E-state index in [1.165, 1.54) is 0 Å². The van der Waals surface area contributed by atoms with E-state index in [1.807, 2.05) is 24.3 Å². The van der Waals surface area contributed by atoms with Crippen molar-refractivity contribution >= 4 is 22.3 Å². The smallest absolute Gasteiger partial charge is 0.0922 e. The molecule has 0 spiro atoms. The number of aromatic amines is 1. The molecule has 0 unspecified atom stereocenters. The number of anilines is 2. The largest absolute Gasteiger partial charge is 0.399 e. The third kappa shape index (κ3) is 1.98. The van der Waals surface area contributed by atoms with Crippen molar-refractivity contribution in [3.05, 3.63) is 48.7 Å². The Labute approximate surface area is 104 Å². The Morgan fingerprint density at radius 3 is 3.06 bits per heavy atom. The predicted octanol–water partition coefficient (Wildman–Crippen LogP) is 2.15. The number of rotatable bonds is 3. The first-order valence-electron chi connectivity index (χ1n) is 5.68. The fraction of sp³-hybridized carbons (Fsp3) is 0.0769. The maximum absolute atomic E-state index is 5.75. The van der Waals surface area contributed by atoms with Crippen molar-refractivity contribution in [2.75, 3.05) is 11.1 Å². The summed E-state index contributed by atoms with van der Waals surface area (Å²) in [7, 11) is 0. The van der Waals surface area contributed by atoms with Crippen LogP contribution in [0.25, 0.3) is 10.9 Å². The Bertz CT molecular complexity index is 660. The molecule has 0 aliphatic heterocycles. The molecular formula is C13H13N5. The first kappa shape index (κ1) is 10.6. The van der Waals surface area contributed by atoms with Gasteiger partial charge in [-0.2, -0.15) is 0 Å². The van der Waals surface area contributed by atoms with Gasteiger partial charge in [0.15, 0.2) is 0 Å². The standard InChI is InChI=1S/C13H13N5/c14-9-1-2-11-12(3-4-16-13(11)5-9)17-7-10-6-15-8-18-10/h1-6,8H,7,14H2,(H,15,18)(H,16,17). The summed E-state index contributed by atoms with van der Waals surface area (Å²) in [6, 6.07) is 7.68. The second-order valence-electron chi connectivity index (χ2n) is 4.07. The summed E-state index contributed by atoms with van der Waals surface area (Å²) in [5, 5.41) is 4.42. The molecule has 0 saturated carbocycles. The Kier molecular flexibility index (Phi) is 2.57. The number of nitrogens with two attached hydrogens (primary N) is 1. The van der Waals surface area contributed by atoms with Gasteiger partial charge >= 0.3 is 0 Å². The quantitative estimate of drug-likeness (QED) is 0.612. The number of aromatic nitrogens is 3. The molecule has 0 radical (unpaired) electrons. The highest BCUT2D eigenvalue weighted by molar-refractivity contribution is 5.92. The van der Waals surface area contributed by atoms with Gasteiger partial charge in [0.05, 0.1) is 24.1 Å². The summed E-state index contributed by atoms with van der Waals surface area (Å²) in [6.07, 6.45) is 5.24. The van der Waals surface area contributed by atoms with Crippen LogP contribution in [0.5, 0.6) is 0 Å². The fourth-order valence-corrected chi connectivity index (χ4v) is 1.89. The number of imidazole rings is 1. The van der Waals surface area contributed by atoms with Crippen molar-refractivity contribution in [3.63, 3.8) is 0 Å². The molecule has 2 aromatic heterocycles. The highest BCUT2D eigenvalue weighted by Gasteiger charge is 2.02. The maximum atomic E-state index is 5.75. The van der Waals surface area contributed by atoms with Gasteiger partial charge in [0.1, 0.15) is 0 Å². The molecule has 4 N–H and O–H groups in total. The molecule has 3 rings (SSSR count). The van der Waals surface area contributed by atoms with E-state index in [2.05, 4.69) is 20.3 Å². The van der Waals surface area contributed by atoms with Crippen LogP contribution in [0.4, 0.5) is 11.4 Å². The van der Waals surface area contributed by atoms with Crippen LogP contribution in [0.3, 0.4) is 0 Å². The lowest BCUT2D eigenvalue weighted by atomic mass is 10.1. The Hall–Kier alpha value is -2.56. The lowest BCUT2D eigenvalue weighted by Crippen LogP contribution is -2.00. The van der Waals surface area contributed by atoms with E-state index in [0.717, 1.165) is 28.0 Å². The second kappa shape index (κ2) is 4.37. The molecule has 3 aromatic rings. The van der Waals surface area contributed by atoms with Crippen LogP contribution >= 0.6 is 0 Å². The van der Waals surface area contributed by atoms with Gasteiger partial charge in [-0.3, -0.25) is 4.98 Å². The molecule has 0 fully saturated rings. The molecule has 18 heavy (non-hydrogen) atoms. The van der Waals surface area contributed by atoms with E-state index in [9.17, 15) is 0 Å². The van der Waals surface area contributed by atoms with Crippen molar-refractivity contribution in [2.24, 2.45) is 0 Å². The normalized spacial score (nSPS) is 10.7. The topological polar surface area (TPSA) is 79.6 Å². The molecule has 5 nitrogen and oxygen atoms in total. The summed E-state index contributed by atoms with van der Waals surface area (Å²) in [5.41, 5.74) is 9.44. The molecule has 0 amide bonds. The van der Waals surface area contributed by atoms with Gasteiger partial charge in [-0.25, -0.2) is 4.98 Å². The fourth-order valence-electron chi connectivity index (χ4n) is 1.89. The van der Waals surface area contributed by atoms with Crippen LogP contribution in [0.2, 0.25) is 0 Å². The summed E-state index contributed by atoms with van der Waals surface area (Å²) in [4.78, 5) is 11.3. The molecule has 0 bridgehead atoms. The number of hydrogen-bond acceptors (Lipinski definition) is 4. The van der Waals surface area contributed by atoms with Gasteiger partial charge in [0, 0.05) is 29.2 Å². The third-order valence-corrected chi connectivity index (χ3v) is 2.79. The summed E-state index contributed by atoms with van der Waals surface area (Å²) in [6.45, 7) is 0.698. The third-order valence-electron chi connectivity index (χ3n) is 2.79. The summed E-state index contributed by atoms with van der Waals surface area (Å²) in [5.74, 6) is 0. The number of benzene rings is 1. The van der Waals surface area contributed by atoms with Gasteiger partial charge in [0.25, 0.3) is 0 Å². The number of nitrogen functional groups attached to an aromatic ring is 1. The minimum Gasteiger partial charge on any atom is -0.399 e. The van der Waals surface area contributed by atoms with Gasteiger partial charge in [-0.15, -0.1) is 0 Å². The Morgan fingerprint density at radius 2 is 2.22 bits per heavy atom. The lowest BCUT2D eigenvalue weighted by Gasteiger charge is -2.08. The van der Waals surface area contributed by atoms with Crippen molar-refractivity contribution in [2.45, 2.75) is 6.54 Å². The average molecular weight is 239 g/mol. The monoisotopic (exact) mass is 239 g/mol. The number of hydrogen-bond donors (Lipinski definition) is 3. The van der Waals surface area contributed by atoms with Gasteiger partial charge in [0.2, 0.25) is 0 Å². The molecule has 0 aliphatic rings. The van der Waals surface area contributed by atoms with Crippen LogP contribution in [-0.4, -0.2) is 15.0 Å². The number of nitrogens with one attached hydrogen (secondary N) is 2. The van der Waals surface area contributed by atoms with Gasteiger partial charge < -0.3 is 16.0 Å². The van der Waals surface area contributed by atoms with Crippen molar-refractivity contribution in [3.8, 4) is 0 Å². The minimum atomic E-state index is 0.698. The molecule has 90 valence electrons. The van der Waals surface area contributed by atoms with E-state index in [0.29, 0.717) is 6.54 Å². The average Bonchev–Trinajstić information content (AvgIpc) is 2.89. The first-order chi connectivity index (χ1) is 8.83. The molecule has 2 heterocycles. The highest BCUT2D eigenvalue weighted by Crippen LogP contribution is 2.23. The Morgan fingerprint density at radius 1 is 1.28 bits per heavy atom. The van der Waals surface area contributed by atoms with E-state index in [-0.39, 0.29) is 0 Å². The van der Waals surface area contributed by atoms with Crippen LogP contribution in [-0.2, 0) is 6.54 Å². The molecule has 1 aromatic carbocycles. The van der Waals surface area contributed by atoms with E-state index in [4.69, 9.17) is 5.73 Å². The SMILES string of the molecule is Nc1ccc2c(NCc3cnc[nH]3)ccnc2c1. The predicted molar refractivity (Wildman–Crippen MR) is 72.1 cm³/mol. The van der Waals surface area contributed by atoms with E-state index < -0.39 is 0 Å². The van der Waals surface area contributed by atoms with Crippen molar-refractivity contribution in [1.82, 2.24) is 15.0 Å². The first-order valence-corrected chi connectivity index (χ1v) is 5.68. The summed E-state index contributed by atoms with van der Waals surface area (Å²) < 4.78 is 0. The zero-order valence-electron chi connectivity index (χ0n) is 9.72. The number of fused-ring (bicyclic) bond motifs is 1. The van der Waals surface area contributed by atoms with E-state index in [1.54, 1.807) is 18.7 Å². The molecule has 0 aliphatic carbocycles. The zero-order valence-corrected chi connectivity index (χ0v) is 9.72. The molecule has 0 saturated heterocycles. The molecule has 5 heteroatoms. The highest BCUT2D eigenvalue weighted by atomic mass is 14.9. The number of pyridine rings is 1. The van der Waals surface area contributed by atoms with E-state index >= 15 is 0 Å². The number of H-pyrrole nitrogens is 1. The second-order valence-corrected chi connectivity index (χ2v) is 4.07. The van der Waals surface area contributed by atoms with Crippen LogP contribution in [0, 0.1) is 0 Å². The van der Waals surface area contributed by atoms with Crippen LogP contribution in [0.1, 0.15) is 5.69 Å². The maximum Gasteiger partial charge on any atom is 0.0922 e. The zero-order chi connectivity index (χ0) is 12.4. The lowest BCUT2D eigenvalue weighted by molar-refractivity contribution is 1.08. The van der Waals surface area contributed by atoms with Crippen molar-refractivity contribution in [1.29, 1.82) is 0 Å².